The van der Waals surface area contributed by atoms with Crippen molar-refractivity contribution in [3.63, 3.8) is 0 Å². The van der Waals surface area contributed by atoms with Gasteiger partial charge in [-0.1, -0.05) is 13.8 Å². The Morgan fingerprint density at radius 1 is 1.17 bits per heavy atom. The van der Waals surface area contributed by atoms with Crippen molar-refractivity contribution in [1.82, 2.24) is 15.0 Å². The summed E-state index contributed by atoms with van der Waals surface area (Å²) in [5.41, 5.74) is 4.23. The summed E-state index contributed by atoms with van der Waals surface area (Å²) in [5.74, 6) is 0.159. The molecule has 0 spiro atoms. The molecule has 3 rings (SSSR count). The van der Waals surface area contributed by atoms with E-state index in [4.69, 9.17) is 9.15 Å². The van der Waals surface area contributed by atoms with Gasteiger partial charge in [-0.05, 0) is 37.6 Å². The molecule has 0 saturated carbocycles. The molecule has 0 radical (unpaired) electrons. The van der Waals surface area contributed by atoms with E-state index in [9.17, 15) is 4.79 Å². The Bertz CT molecular complexity index is 856. The summed E-state index contributed by atoms with van der Waals surface area (Å²) in [5, 5.41) is 0. The summed E-state index contributed by atoms with van der Waals surface area (Å²) in [6.45, 7) is 9.82. The van der Waals surface area contributed by atoms with E-state index in [1.54, 1.807) is 13.0 Å². The van der Waals surface area contributed by atoms with Crippen LogP contribution in [0.2, 0.25) is 0 Å². The fourth-order valence-electron chi connectivity index (χ4n) is 2.29. The van der Waals surface area contributed by atoms with Crippen LogP contribution in [0.25, 0.3) is 22.4 Å². The lowest BCUT2D eigenvalue weighted by Gasteiger charge is -2.05. The zero-order valence-corrected chi connectivity index (χ0v) is 14.6. The van der Waals surface area contributed by atoms with E-state index < -0.39 is 5.97 Å². The summed E-state index contributed by atoms with van der Waals surface area (Å²) in [6, 6.07) is 5.45. The highest BCUT2D eigenvalue weighted by atomic mass is 16.5. The molecule has 6 heteroatoms. The van der Waals surface area contributed by atoms with Gasteiger partial charge < -0.3 is 9.15 Å². The van der Waals surface area contributed by atoms with Gasteiger partial charge in [0.1, 0.15) is 11.8 Å². The fourth-order valence-corrected chi connectivity index (χ4v) is 2.29. The van der Waals surface area contributed by atoms with Crippen LogP contribution in [0, 0.1) is 13.8 Å². The van der Waals surface area contributed by atoms with Gasteiger partial charge in [0.15, 0.2) is 17.2 Å². The average Bonchev–Trinajstić information content (AvgIpc) is 2.98. The first-order valence-electron chi connectivity index (χ1n) is 7.96. The first-order chi connectivity index (χ1) is 11.6. The lowest BCUT2D eigenvalue weighted by molar-refractivity contribution is 0.0519. The van der Waals surface area contributed by atoms with E-state index in [0.717, 1.165) is 22.2 Å². The normalized spacial score (nSPS) is 10.2. The van der Waals surface area contributed by atoms with Crippen molar-refractivity contribution in [2.24, 2.45) is 0 Å². The third-order valence-electron chi connectivity index (χ3n) is 3.23. The van der Waals surface area contributed by atoms with Gasteiger partial charge in [0, 0.05) is 12.5 Å². The molecule has 0 aliphatic heterocycles. The average molecular weight is 327 g/mol. The van der Waals surface area contributed by atoms with Crippen molar-refractivity contribution in [1.29, 1.82) is 0 Å². The largest absolute Gasteiger partial charge is 0.461 e. The van der Waals surface area contributed by atoms with E-state index >= 15 is 0 Å². The molecule has 0 bridgehead atoms. The van der Waals surface area contributed by atoms with E-state index in [2.05, 4.69) is 15.0 Å². The van der Waals surface area contributed by atoms with Gasteiger partial charge in [-0.3, -0.25) is 0 Å². The molecule has 24 heavy (non-hydrogen) atoms. The van der Waals surface area contributed by atoms with Gasteiger partial charge in [-0.2, -0.15) is 0 Å². The van der Waals surface area contributed by atoms with Crippen molar-refractivity contribution in [2.45, 2.75) is 34.6 Å². The van der Waals surface area contributed by atoms with Crippen molar-refractivity contribution >= 4 is 17.1 Å². The number of benzene rings is 1. The zero-order chi connectivity index (χ0) is 17.7. The molecule has 2 aromatic heterocycles. The minimum Gasteiger partial charge on any atom is -0.461 e. The molecule has 3 aromatic rings. The lowest BCUT2D eigenvalue weighted by atomic mass is 10.1. The van der Waals surface area contributed by atoms with Gasteiger partial charge in [-0.15, -0.1) is 0 Å². The third-order valence-corrected chi connectivity index (χ3v) is 3.23. The van der Waals surface area contributed by atoms with Gasteiger partial charge in [0.2, 0.25) is 0 Å². The third kappa shape index (κ3) is 3.59. The number of aromatic nitrogens is 3. The van der Waals surface area contributed by atoms with Crippen LogP contribution in [-0.2, 0) is 4.74 Å². The van der Waals surface area contributed by atoms with Crippen molar-refractivity contribution in [3.8, 4) is 11.3 Å². The first kappa shape index (κ1) is 17.6. The minimum absolute atomic E-state index is 0.237. The van der Waals surface area contributed by atoms with E-state index in [0.29, 0.717) is 18.2 Å². The van der Waals surface area contributed by atoms with Gasteiger partial charge in [0.05, 0.1) is 12.3 Å². The molecule has 2 heterocycles. The molecule has 0 N–H and O–H groups in total. The van der Waals surface area contributed by atoms with E-state index in [1.807, 2.05) is 39.8 Å². The molecule has 1 aromatic carbocycles. The molecule has 126 valence electrons. The fraction of sp³-hybridized carbons (Fsp3) is 0.333. The molecule has 0 atom stereocenters. The van der Waals surface area contributed by atoms with Crippen molar-refractivity contribution < 1.29 is 13.9 Å². The van der Waals surface area contributed by atoms with Gasteiger partial charge >= 0.3 is 5.97 Å². The summed E-state index contributed by atoms with van der Waals surface area (Å²) in [4.78, 5) is 24.3. The SMILES string of the molecule is CC.CCOC(=O)c1cc(-c2cc(C)c3oc(C)nc3c2)ncn1. The van der Waals surface area contributed by atoms with Crippen LogP contribution < -0.4 is 0 Å². The van der Waals surface area contributed by atoms with Crippen LogP contribution in [0.3, 0.4) is 0 Å². The summed E-state index contributed by atoms with van der Waals surface area (Å²) in [7, 11) is 0. The second-order valence-electron chi connectivity index (χ2n) is 4.88. The Labute approximate surface area is 140 Å². The smallest absolute Gasteiger partial charge is 0.357 e. The van der Waals surface area contributed by atoms with Crippen LogP contribution in [0.5, 0.6) is 0 Å². The Kier molecular flexibility index (Phi) is 5.63. The number of fused-ring (bicyclic) bond motifs is 1. The second kappa shape index (κ2) is 7.68. The molecular weight excluding hydrogens is 306 g/mol. The van der Waals surface area contributed by atoms with Gasteiger partial charge in [0.25, 0.3) is 0 Å². The van der Waals surface area contributed by atoms with Crippen molar-refractivity contribution in [2.75, 3.05) is 6.61 Å². The quantitative estimate of drug-likeness (QED) is 0.674. The number of carbonyl (C=O) groups excluding carboxylic acids is 1. The van der Waals surface area contributed by atoms with Crippen LogP contribution in [-0.4, -0.2) is 27.5 Å². The summed E-state index contributed by atoms with van der Waals surface area (Å²) < 4.78 is 10.5. The highest BCUT2D eigenvalue weighted by Gasteiger charge is 2.13. The highest BCUT2D eigenvalue weighted by molar-refractivity contribution is 5.89. The predicted molar refractivity (Wildman–Crippen MR) is 91.8 cm³/mol. The Morgan fingerprint density at radius 3 is 2.62 bits per heavy atom. The molecule has 0 unspecified atom stereocenters. The topological polar surface area (TPSA) is 78.1 Å². The number of esters is 1. The number of oxazole rings is 1. The van der Waals surface area contributed by atoms with Gasteiger partial charge in [-0.25, -0.2) is 19.7 Å². The maximum Gasteiger partial charge on any atom is 0.357 e. The molecule has 0 saturated heterocycles. The zero-order valence-electron chi connectivity index (χ0n) is 14.6. The number of rotatable bonds is 3. The number of ether oxygens (including phenoxy) is 1. The van der Waals surface area contributed by atoms with Crippen LogP contribution in [0.4, 0.5) is 0 Å². The Hall–Kier alpha value is -2.76. The van der Waals surface area contributed by atoms with Crippen LogP contribution in [0.1, 0.15) is 42.7 Å². The molecule has 0 aliphatic rings. The summed E-state index contributed by atoms with van der Waals surface area (Å²) >= 11 is 0. The number of aryl methyl sites for hydroxylation is 2. The number of nitrogens with zero attached hydrogens (tertiary/aromatic N) is 3. The Balaban J connectivity index is 0.00000100. The number of carbonyl (C=O) groups is 1. The summed E-state index contributed by atoms with van der Waals surface area (Å²) in [6.07, 6.45) is 1.36. The lowest BCUT2D eigenvalue weighted by Crippen LogP contribution is -2.07. The monoisotopic (exact) mass is 327 g/mol. The van der Waals surface area contributed by atoms with E-state index in [-0.39, 0.29) is 5.69 Å². The maximum absolute atomic E-state index is 11.8. The van der Waals surface area contributed by atoms with Crippen LogP contribution in [0.15, 0.2) is 28.9 Å². The Morgan fingerprint density at radius 2 is 1.92 bits per heavy atom. The standard InChI is InChI=1S/C16H15N3O3.C2H6/c1-4-21-16(20)14-7-12(17-8-18-14)11-5-9(2)15-13(6-11)19-10(3)22-15;1-2/h5-8H,4H2,1-3H3;1-2H3. The second-order valence-corrected chi connectivity index (χ2v) is 4.88. The first-order valence-corrected chi connectivity index (χ1v) is 7.96. The highest BCUT2D eigenvalue weighted by Crippen LogP contribution is 2.27. The molecule has 0 aliphatic carbocycles. The maximum atomic E-state index is 11.8. The molecule has 0 amide bonds. The number of hydrogen-bond acceptors (Lipinski definition) is 6. The molecular formula is C18H21N3O3. The van der Waals surface area contributed by atoms with Crippen molar-refractivity contribution in [3.05, 3.63) is 41.7 Å². The predicted octanol–water partition coefficient (Wildman–Crippen LogP) is 4.10. The minimum atomic E-state index is -0.457. The molecule has 6 nitrogen and oxygen atoms in total. The number of hydrogen-bond donors (Lipinski definition) is 0. The van der Waals surface area contributed by atoms with E-state index in [1.165, 1.54) is 6.33 Å². The van der Waals surface area contributed by atoms with Crippen LogP contribution >= 0.6 is 0 Å². The molecule has 0 fully saturated rings.